The summed E-state index contributed by atoms with van der Waals surface area (Å²) in [7, 11) is -2.30. The summed E-state index contributed by atoms with van der Waals surface area (Å²) in [5.74, 6) is 0. The first-order chi connectivity index (χ1) is 5.70. The molecule has 0 N–H and O–H groups in total. The molecule has 7 heteroatoms. The lowest BCUT2D eigenvalue weighted by molar-refractivity contribution is 0.625. The van der Waals surface area contributed by atoms with Crippen molar-refractivity contribution in [3.05, 3.63) is 11.6 Å². The van der Waals surface area contributed by atoms with E-state index in [9.17, 15) is 8.42 Å². The molecule has 0 aliphatic carbocycles. The third-order valence-electron chi connectivity index (χ3n) is 1.43. The van der Waals surface area contributed by atoms with Gasteiger partial charge in [0.25, 0.3) is 0 Å². The van der Waals surface area contributed by atoms with Gasteiger partial charge >= 0.3 is 0 Å². The van der Waals surface area contributed by atoms with Crippen molar-refractivity contribution in [2.45, 2.75) is 5.50 Å². The standard InChI is InChI=1S/C5H3ClN2O2S2/c6-3-4(12(9)10)8-1-2-11-5(8)7-3/h1-3H. The minimum absolute atomic E-state index is 0.105. The van der Waals surface area contributed by atoms with E-state index in [2.05, 4.69) is 4.99 Å². The molecule has 0 aromatic carbocycles. The molecule has 12 heavy (non-hydrogen) atoms. The van der Waals surface area contributed by atoms with Gasteiger partial charge < -0.3 is 0 Å². The van der Waals surface area contributed by atoms with E-state index in [1.54, 1.807) is 11.6 Å². The number of nitrogens with zero attached hydrogens (tertiary/aromatic N) is 2. The number of rotatable bonds is 0. The van der Waals surface area contributed by atoms with Crippen LogP contribution in [-0.2, 0) is 10.3 Å². The number of aliphatic imine (C=N–C) groups is 1. The monoisotopic (exact) mass is 222 g/mol. The van der Waals surface area contributed by atoms with Gasteiger partial charge in [-0.1, -0.05) is 23.4 Å². The van der Waals surface area contributed by atoms with Gasteiger partial charge in [0.2, 0.25) is 10.3 Å². The van der Waals surface area contributed by atoms with Crippen molar-refractivity contribution in [2.75, 3.05) is 0 Å². The summed E-state index contributed by atoms with van der Waals surface area (Å²) < 4.78 is 21.4. The van der Waals surface area contributed by atoms with Gasteiger partial charge in [-0.2, -0.15) is 8.42 Å². The van der Waals surface area contributed by atoms with Gasteiger partial charge in [-0.15, -0.1) is 0 Å². The summed E-state index contributed by atoms with van der Waals surface area (Å²) in [5.41, 5.74) is -0.768. The fraction of sp³-hybridized carbons (Fsp3) is 0.200. The molecule has 2 aliphatic rings. The molecule has 0 aromatic rings. The van der Waals surface area contributed by atoms with Crippen LogP contribution in [0.4, 0.5) is 0 Å². The average Bonchev–Trinajstić information content (AvgIpc) is 2.44. The van der Waals surface area contributed by atoms with Gasteiger partial charge in [0.05, 0.1) is 0 Å². The summed E-state index contributed by atoms with van der Waals surface area (Å²) >= 11 is 7.02. The summed E-state index contributed by atoms with van der Waals surface area (Å²) in [6.45, 7) is 0. The van der Waals surface area contributed by atoms with E-state index in [-0.39, 0.29) is 4.99 Å². The van der Waals surface area contributed by atoms with E-state index in [0.29, 0.717) is 5.17 Å². The molecule has 1 unspecified atom stereocenters. The zero-order valence-corrected chi connectivity index (χ0v) is 8.03. The third-order valence-corrected chi connectivity index (χ3v) is 3.39. The van der Waals surface area contributed by atoms with Gasteiger partial charge in [0.1, 0.15) is 0 Å². The maximum atomic E-state index is 10.7. The zero-order chi connectivity index (χ0) is 8.72. The molecule has 2 heterocycles. The number of fused-ring (bicyclic) bond motifs is 1. The van der Waals surface area contributed by atoms with Crippen LogP contribution in [0, 0.1) is 0 Å². The lowest BCUT2D eigenvalue weighted by atomic mass is 10.6. The quantitative estimate of drug-likeness (QED) is 0.339. The molecule has 0 saturated carbocycles. The first kappa shape index (κ1) is 8.15. The van der Waals surface area contributed by atoms with Gasteiger partial charge in [-0.3, -0.25) is 4.90 Å². The third kappa shape index (κ3) is 1.07. The van der Waals surface area contributed by atoms with E-state index >= 15 is 0 Å². The van der Waals surface area contributed by atoms with Crippen LogP contribution in [0.1, 0.15) is 0 Å². The smallest absolute Gasteiger partial charge is 0.238 e. The number of halogens is 1. The molecular formula is C5H3ClN2O2S2. The van der Waals surface area contributed by atoms with Crippen molar-refractivity contribution in [2.24, 2.45) is 4.99 Å². The fourth-order valence-corrected chi connectivity index (χ4v) is 2.75. The van der Waals surface area contributed by atoms with Crippen molar-refractivity contribution in [3.63, 3.8) is 0 Å². The maximum absolute atomic E-state index is 10.7. The van der Waals surface area contributed by atoms with Crippen LogP contribution < -0.4 is 0 Å². The van der Waals surface area contributed by atoms with Crippen molar-refractivity contribution in [1.29, 1.82) is 0 Å². The molecular weight excluding hydrogens is 220 g/mol. The number of amidine groups is 1. The van der Waals surface area contributed by atoms with Crippen LogP contribution in [0.15, 0.2) is 16.6 Å². The highest BCUT2D eigenvalue weighted by molar-refractivity contribution is 8.16. The topological polar surface area (TPSA) is 49.7 Å². The Hall–Kier alpha value is -0.460. The van der Waals surface area contributed by atoms with Crippen LogP contribution in [-0.4, -0.2) is 29.0 Å². The molecule has 0 spiro atoms. The Morgan fingerprint density at radius 1 is 1.67 bits per heavy atom. The lowest BCUT2D eigenvalue weighted by Crippen LogP contribution is -2.26. The first-order valence-electron chi connectivity index (χ1n) is 3.00. The molecule has 0 fully saturated rings. The van der Waals surface area contributed by atoms with Crippen LogP contribution in [0.2, 0.25) is 0 Å². The number of thioether (sulfide) groups is 1. The molecule has 2 aliphatic heterocycles. The van der Waals surface area contributed by atoms with Crippen molar-refractivity contribution in [1.82, 2.24) is 4.90 Å². The van der Waals surface area contributed by atoms with Crippen LogP contribution in [0.5, 0.6) is 0 Å². The average molecular weight is 223 g/mol. The highest BCUT2D eigenvalue weighted by atomic mass is 35.5. The SMILES string of the molecule is O=S(=O)=C1C(Cl)N=C2SC=CN21. The summed E-state index contributed by atoms with van der Waals surface area (Å²) in [6.07, 6.45) is 1.64. The van der Waals surface area contributed by atoms with Crippen LogP contribution in [0.25, 0.3) is 0 Å². The molecule has 1 atom stereocenters. The summed E-state index contributed by atoms with van der Waals surface area (Å²) in [5, 5.41) is 2.38. The summed E-state index contributed by atoms with van der Waals surface area (Å²) in [6, 6.07) is 0. The molecule has 2 rings (SSSR count). The van der Waals surface area contributed by atoms with Gasteiger partial charge in [-0.25, -0.2) is 4.99 Å². The second kappa shape index (κ2) is 2.79. The van der Waals surface area contributed by atoms with E-state index < -0.39 is 15.8 Å². The number of alkyl halides is 1. The molecule has 0 aromatic heterocycles. The minimum Gasteiger partial charge on any atom is -0.283 e. The Bertz CT molecular complexity index is 403. The largest absolute Gasteiger partial charge is 0.283 e. The number of hydrogen-bond donors (Lipinski definition) is 0. The molecule has 0 bridgehead atoms. The highest BCUT2D eigenvalue weighted by Gasteiger charge is 2.33. The molecule has 0 amide bonds. The summed E-state index contributed by atoms with van der Waals surface area (Å²) in [4.78, 5) is 5.51. The predicted molar refractivity (Wildman–Crippen MR) is 49.6 cm³/mol. The minimum atomic E-state index is -2.30. The number of hydrogen-bond acceptors (Lipinski definition) is 4. The van der Waals surface area contributed by atoms with Gasteiger partial charge in [-0.05, 0) is 5.41 Å². The molecule has 0 saturated heterocycles. The Morgan fingerprint density at radius 3 is 3.08 bits per heavy atom. The van der Waals surface area contributed by atoms with Crippen LogP contribution >= 0.6 is 23.4 Å². The fourth-order valence-electron chi connectivity index (χ4n) is 0.960. The second-order valence-corrected chi connectivity index (χ2v) is 4.27. The normalized spacial score (nSPS) is 26.1. The zero-order valence-electron chi connectivity index (χ0n) is 5.64. The van der Waals surface area contributed by atoms with Crippen molar-refractivity contribution >= 4 is 43.8 Å². The van der Waals surface area contributed by atoms with Gasteiger partial charge in [0, 0.05) is 6.20 Å². The highest BCUT2D eigenvalue weighted by Crippen LogP contribution is 2.28. The molecule has 64 valence electrons. The maximum Gasteiger partial charge on any atom is 0.238 e. The van der Waals surface area contributed by atoms with Crippen molar-refractivity contribution in [3.8, 4) is 0 Å². The van der Waals surface area contributed by atoms with Crippen LogP contribution in [0.3, 0.4) is 0 Å². The predicted octanol–water partition coefficient (Wildman–Crippen LogP) is 0.450. The van der Waals surface area contributed by atoms with Crippen molar-refractivity contribution < 1.29 is 8.42 Å². The van der Waals surface area contributed by atoms with E-state index in [1.165, 1.54) is 16.7 Å². The molecule has 0 radical (unpaired) electrons. The Labute approximate surface area is 79.4 Å². The Balaban J connectivity index is 2.55. The van der Waals surface area contributed by atoms with E-state index in [1.807, 2.05) is 0 Å². The van der Waals surface area contributed by atoms with Gasteiger partial charge in [0.15, 0.2) is 15.7 Å². The Kier molecular flexibility index (Phi) is 1.90. The van der Waals surface area contributed by atoms with E-state index in [4.69, 9.17) is 11.6 Å². The molecule has 4 nitrogen and oxygen atoms in total. The first-order valence-corrected chi connectivity index (χ1v) is 5.40. The Morgan fingerprint density at radius 2 is 2.42 bits per heavy atom. The van der Waals surface area contributed by atoms with E-state index in [0.717, 1.165) is 0 Å². The second-order valence-electron chi connectivity index (χ2n) is 2.09. The lowest BCUT2D eigenvalue weighted by Gasteiger charge is -2.06.